The van der Waals surface area contributed by atoms with E-state index in [1.165, 1.54) is 65.9 Å². The molecule has 0 saturated carbocycles. The predicted octanol–water partition coefficient (Wildman–Crippen LogP) is 17.5. The zero-order valence-electron chi connectivity index (χ0n) is 34.6. The Morgan fingerprint density at radius 1 is 0.354 bits per heavy atom. The monoisotopic (exact) mass is 882 g/mol. The van der Waals surface area contributed by atoms with Crippen LogP contribution in [0, 0.1) is 0 Å². The molecular formula is C58H34N4S3. The summed E-state index contributed by atoms with van der Waals surface area (Å²) in [5, 5.41) is 9.90. The maximum atomic E-state index is 5.50. The minimum atomic E-state index is 0.636. The molecule has 0 fully saturated rings. The highest BCUT2D eigenvalue weighted by Crippen LogP contribution is 2.50. The van der Waals surface area contributed by atoms with Gasteiger partial charge in [0.15, 0.2) is 0 Å². The molecule has 0 N–H and O–H groups in total. The van der Waals surface area contributed by atoms with Crippen LogP contribution in [0.1, 0.15) is 0 Å². The quantitative estimate of drug-likeness (QED) is 0.167. The van der Waals surface area contributed by atoms with Crippen molar-refractivity contribution in [2.24, 2.45) is 0 Å². The molecule has 0 aliphatic heterocycles. The van der Waals surface area contributed by atoms with E-state index in [1.54, 1.807) is 0 Å². The van der Waals surface area contributed by atoms with E-state index >= 15 is 0 Å². The van der Waals surface area contributed by atoms with Crippen LogP contribution in [0.2, 0.25) is 0 Å². The molecule has 14 aromatic rings. The number of benzene rings is 9. The molecule has 0 amide bonds. The summed E-state index contributed by atoms with van der Waals surface area (Å²) in [6, 6.07) is 74.6. The molecule has 0 atom stereocenters. The first-order chi connectivity index (χ1) is 32.2. The second-order valence-corrected chi connectivity index (χ2v) is 19.6. The van der Waals surface area contributed by atoms with E-state index in [4.69, 9.17) is 9.97 Å². The third-order valence-corrected chi connectivity index (χ3v) is 16.4. The van der Waals surface area contributed by atoms with Crippen molar-refractivity contribution in [1.82, 2.24) is 14.5 Å². The molecule has 5 aromatic heterocycles. The molecule has 5 heterocycles. The van der Waals surface area contributed by atoms with Crippen LogP contribution in [0.15, 0.2) is 206 Å². The number of thiophene rings is 3. The van der Waals surface area contributed by atoms with Crippen LogP contribution in [-0.2, 0) is 0 Å². The highest BCUT2D eigenvalue weighted by molar-refractivity contribution is 7.27. The molecule has 65 heavy (non-hydrogen) atoms. The third-order valence-electron chi connectivity index (χ3n) is 12.8. The molecule has 0 spiro atoms. The van der Waals surface area contributed by atoms with Crippen LogP contribution in [0.4, 0.5) is 17.1 Å². The Labute approximate surface area is 385 Å². The van der Waals surface area contributed by atoms with Crippen LogP contribution >= 0.6 is 34.0 Å². The number of hydrogen-bond donors (Lipinski definition) is 0. The molecule has 0 bridgehead atoms. The Kier molecular flexibility index (Phi) is 8.16. The van der Waals surface area contributed by atoms with Crippen molar-refractivity contribution in [1.29, 1.82) is 0 Å². The molecule has 4 nitrogen and oxygen atoms in total. The van der Waals surface area contributed by atoms with Gasteiger partial charge in [-0.1, -0.05) is 158 Å². The molecule has 0 unspecified atom stereocenters. The van der Waals surface area contributed by atoms with Crippen molar-refractivity contribution in [2.45, 2.75) is 0 Å². The van der Waals surface area contributed by atoms with Crippen LogP contribution in [-0.4, -0.2) is 14.5 Å². The van der Waals surface area contributed by atoms with E-state index in [9.17, 15) is 0 Å². The number of rotatable bonds is 6. The molecule has 0 aliphatic carbocycles. The second kappa shape index (κ2) is 14.4. The summed E-state index contributed by atoms with van der Waals surface area (Å²) in [6.07, 6.45) is 0. The van der Waals surface area contributed by atoms with Crippen LogP contribution in [0.5, 0.6) is 0 Å². The molecule has 14 rings (SSSR count). The average molecular weight is 883 g/mol. The summed E-state index contributed by atoms with van der Waals surface area (Å²) in [4.78, 5) is 13.5. The zero-order valence-corrected chi connectivity index (χ0v) is 37.1. The number of hydrogen-bond acceptors (Lipinski definition) is 6. The van der Waals surface area contributed by atoms with Gasteiger partial charge in [0.05, 0.1) is 47.9 Å². The predicted molar refractivity (Wildman–Crippen MR) is 281 cm³/mol. The van der Waals surface area contributed by atoms with Crippen LogP contribution < -0.4 is 4.90 Å². The second-order valence-electron chi connectivity index (χ2n) is 16.5. The first kappa shape index (κ1) is 36.8. The number of nitrogens with zero attached hydrogens (tertiary/aromatic N) is 4. The molecule has 7 heteroatoms. The first-order valence-electron chi connectivity index (χ1n) is 21.7. The van der Waals surface area contributed by atoms with Gasteiger partial charge in [-0.05, 0) is 48.5 Å². The average Bonchev–Trinajstić information content (AvgIpc) is 4.14. The minimum Gasteiger partial charge on any atom is -0.308 e. The van der Waals surface area contributed by atoms with Crippen molar-refractivity contribution in [3.8, 4) is 28.5 Å². The fraction of sp³-hybridized carbons (Fsp3) is 0. The highest BCUT2D eigenvalue weighted by Gasteiger charge is 2.25. The smallest absolute Gasteiger partial charge is 0.235 e. The molecular weight excluding hydrogens is 849 g/mol. The van der Waals surface area contributed by atoms with Gasteiger partial charge in [-0.3, -0.25) is 4.57 Å². The fourth-order valence-electron chi connectivity index (χ4n) is 9.89. The van der Waals surface area contributed by atoms with Gasteiger partial charge in [-0.2, -0.15) is 0 Å². The lowest BCUT2D eigenvalue weighted by Crippen LogP contribution is -2.10. The Morgan fingerprint density at radius 3 is 1.35 bits per heavy atom. The number of aromatic nitrogens is 3. The Morgan fingerprint density at radius 2 is 0.800 bits per heavy atom. The maximum absolute atomic E-state index is 5.50. The number of fused-ring (bicyclic) bond motifs is 13. The van der Waals surface area contributed by atoms with Crippen molar-refractivity contribution < 1.29 is 0 Å². The van der Waals surface area contributed by atoms with Crippen molar-refractivity contribution in [3.05, 3.63) is 206 Å². The van der Waals surface area contributed by atoms with Gasteiger partial charge in [0.2, 0.25) is 5.95 Å². The van der Waals surface area contributed by atoms with Gasteiger partial charge in [-0.25, -0.2) is 9.97 Å². The lowest BCUT2D eigenvalue weighted by Gasteiger charge is -2.27. The summed E-state index contributed by atoms with van der Waals surface area (Å²) in [6.45, 7) is 0. The lowest BCUT2D eigenvalue weighted by molar-refractivity contribution is 0.998. The summed E-state index contributed by atoms with van der Waals surface area (Å²) in [7, 11) is 0. The van der Waals surface area contributed by atoms with Gasteiger partial charge in [0, 0.05) is 74.0 Å². The van der Waals surface area contributed by atoms with E-state index < -0.39 is 0 Å². The Balaban J connectivity index is 1.11. The standard InChI is InChI=1S/C58H34N4S3/c1-3-15-35(16-4-1)46-34-47(36-17-5-2-6-18-36)60-58(59-46)62-50-33-37(29-30-38(50)42-31-32-45-41-21-9-12-28-53(41)65-57(45)54(42)62)61(48-24-13-22-43-39-19-7-10-26-51(39)63-55(43)48)49-25-14-23-44-40-20-8-11-27-52(40)64-56(44)49/h1-34H. The fourth-order valence-corrected chi connectivity index (χ4v) is 13.5. The van der Waals surface area contributed by atoms with E-state index in [-0.39, 0.29) is 0 Å². The number of anilines is 3. The molecule has 0 aliphatic rings. The maximum Gasteiger partial charge on any atom is 0.235 e. The van der Waals surface area contributed by atoms with Crippen molar-refractivity contribution in [3.63, 3.8) is 0 Å². The third kappa shape index (κ3) is 5.66. The summed E-state index contributed by atoms with van der Waals surface area (Å²) in [5.74, 6) is 0.636. The Hall–Kier alpha value is -7.68. The van der Waals surface area contributed by atoms with Gasteiger partial charge < -0.3 is 4.90 Å². The molecule has 0 radical (unpaired) electrons. The first-order valence-corrected chi connectivity index (χ1v) is 24.2. The van der Waals surface area contributed by atoms with Crippen LogP contribution in [0.25, 0.3) is 111 Å². The molecule has 304 valence electrons. The van der Waals surface area contributed by atoms with Gasteiger partial charge in [-0.15, -0.1) is 34.0 Å². The summed E-state index contributed by atoms with van der Waals surface area (Å²) in [5.41, 5.74) is 9.35. The van der Waals surface area contributed by atoms with Gasteiger partial charge >= 0.3 is 0 Å². The van der Waals surface area contributed by atoms with E-state index in [2.05, 4.69) is 216 Å². The van der Waals surface area contributed by atoms with Crippen molar-refractivity contribution in [2.75, 3.05) is 4.90 Å². The van der Waals surface area contributed by atoms with Crippen molar-refractivity contribution >= 4 is 133 Å². The minimum absolute atomic E-state index is 0.636. The molecule has 0 saturated heterocycles. The van der Waals surface area contributed by atoms with E-state index in [0.29, 0.717) is 5.95 Å². The largest absolute Gasteiger partial charge is 0.308 e. The molecule has 9 aromatic carbocycles. The van der Waals surface area contributed by atoms with Gasteiger partial charge in [0.1, 0.15) is 0 Å². The zero-order chi connectivity index (χ0) is 42.6. The van der Waals surface area contributed by atoms with Gasteiger partial charge in [0.25, 0.3) is 0 Å². The Bertz CT molecular complexity index is 4030. The topological polar surface area (TPSA) is 34.0 Å². The van der Waals surface area contributed by atoms with E-state index in [1.807, 2.05) is 34.0 Å². The highest BCUT2D eigenvalue weighted by atomic mass is 32.1. The lowest BCUT2D eigenvalue weighted by atomic mass is 10.1. The van der Waals surface area contributed by atoms with Crippen LogP contribution in [0.3, 0.4) is 0 Å². The summed E-state index contributed by atoms with van der Waals surface area (Å²) >= 11 is 5.57. The van der Waals surface area contributed by atoms with E-state index in [0.717, 1.165) is 56.0 Å². The normalized spacial score (nSPS) is 12.0. The summed E-state index contributed by atoms with van der Waals surface area (Å²) < 4.78 is 9.90. The SMILES string of the molecule is c1ccc(-c2cc(-c3ccccc3)nc(-n3c4cc(N(c5cccc6c5sc5ccccc56)c5cccc6c5sc5ccccc56)ccc4c4ccc5c6ccccc6sc5c43)n2)cc1.